The standard InChI is InChI=1S/C21H22N2O/c1-13(2)16-10-9-14(3)21-17(12-16)15(4)11-19(21)23-22-18-7-5-6-8-20(18)24/h5-13,24H,1-4H3. The number of azo groups is 1. The predicted molar refractivity (Wildman–Crippen MR) is 98.9 cm³/mol. The Kier molecular flexibility index (Phi) is 4.34. The van der Waals surface area contributed by atoms with Gasteiger partial charge in [-0.1, -0.05) is 44.2 Å². The van der Waals surface area contributed by atoms with Crippen LogP contribution in [0.1, 0.15) is 36.5 Å². The van der Waals surface area contributed by atoms with Crippen LogP contribution in [0.2, 0.25) is 0 Å². The molecule has 3 heteroatoms. The highest BCUT2D eigenvalue weighted by atomic mass is 16.3. The first-order valence-electron chi connectivity index (χ1n) is 8.21. The maximum absolute atomic E-state index is 9.85. The number of phenolic OH excluding ortho intramolecular Hbond substituents is 1. The topological polar surface area (TPSA) is 45.0 Å². The zero-order chi connectivity index (χ0) is 17.3. The van der Waals surface area contributed by atoms with Gasteiger partial charge in [-0.05, 0) is 60.2 Å². The molecule has 0 saturated heterocycles. The Labute approximate surface area is 143 Å². The van der Waals surface area contributed by atoms with E-state index in [-0.39, 0.29) is 5.75 Å². The lowest BCUT2D eigenvalue weighted by atomic mass is 10.0. The minimum Gasteiger partial charge on any atom is -0.506 e. The zero-order valence-corrected chi connectivity index (χ0v) is 14.5. The van der Waals surface area contributed by atoms with E-state index in [0.717, 1.165) is 11.3 Å². The molecule has 3 rings (SSSR count). The number of phenols is 1. The van der Waals surface area contributed by atoms with Gasteiger partial charge >= 0.3 is 0 Å². The van der Waals surface area contributed by atoms with Gasteiger partial charge < -0.3 is 5.11 Å². The van der Waals surface area contributed by atoms with Gasteiger partial charge in [0, 0.05) is 5.56 Å². The monoisotopic (exact) mass is 318 g/mol. The smallest absolute Gasteiger partial charge is 0.143 e. The Bertz CT molecular complexity index is 881. The molecule has 1 aromatic rings. The number of aryl methyl sites for hydroxylation is 2. The van der Waals surface area contributed by atoms with Crippen molar-refractivity contribution in [3.8, 4) is 16.9 Å². The second-order valence-electron chi connectivity index (χ2n) is 6.51. The fourth-order valence-corrected chi connectivity index (χ4v) is 2.90. The molecule has 0 heterocycles. The van der Waals surface area contributed by atoms with Crippen molar-refractivity contribution in [2.75, 3.05) is 0 Å². The van der Waals surface area contributed by atoms with Gasteiger partial charge in [0.2, 0.25) is 0 Å². The molecule has 0 unspecified atom stereocenters. The fraction of sp³-hybridized carbons (Fsp3) is 0.238. The Balaban J connectivity index is 2.10. The maximum Gasteiger partial charge on any atom is 0.143 e. The lowest BCUT2D eigenvalue weighted by molar-refractivity contribution is 0.476. The van der Waals surface area contributed by atoms with Gasteiger partial charge in [-0.3, -0.25) is 0 Å². The summed E-state index contributed by atoms with van der Waals surface area (Å²) in [4.78, 5) is 0. The molecule has 0 spiro atoms. The normalized spacial score (nSPS) is 11.7. The van der Waals surface area contributed by atoms with E-state index in [2.05, 4.69) is 62.2 Å². The van der Waals surface area contributed by atoms with Crippen molar-refractivity contribution in [3.05, 3.63) is 65.2 Å². The first kappa shape index (κ1) is 16.2. The molecule has 1 N–H and O–H groups in total. The third-order valence-electron chi connectivity index (χ3n) is 4.35. The van der Waals surface area contributed by atoms with Crippen LogP contribution in [0.15, 0.2) is 58.8 Å². The van der Waals surface area contributed by atoms with E-state index in [1.807, 2.05) is 6.07 Å². The number of nitrogens with zero attached hydrogens (tertiary/aromatic N) is 2. The summed E-state index contributed by atoms with van der Waals surface area (Å²) < 4.78 is 0. The van der Waals surface area contributed by atoms with E-state index in [4.69, 9.17) is 0 Å². The fourth-order valence-electron chi connectivity index (χ4n) is 2.90. The van der Waals surface area contributed by atoms with Crippen molar-refractivity contribution in [2.45, 2.75) is 33.6 Å². The van der Waals surface area contributed by atoms with Crippen LogP contribution in [0.25, 0.3) is 11.1 Å². The molecule has 0 aliphatic heterocycles. The van der Waals surface area contributed by atoms with Crippen LogP contribution in [-0.2, 0) is 0 Å². The highest BCUT2D eigenvalue weighted by Crippen LogP contribution is 2.41. The van der Waals surface area contributed by atoms with E-state index < -0.39 is 0 Å². The Hall–Kier alpha value is -2.68. The largest absolute Gasteiger partial charge is 0.506 e. The first-order chi connectivity index (χ1) is 11.5. The van der Waals surface area contributed by atoms with Crippen LogP contribution in [0.4, 0.5) is 11.4 Å². The molecule has 0 radical (unpaired) electrons. The van der Waals surface area contributed by atoms with Gasteiger partial charge in [0.15, 0.2) is 0 Å². The minimum atomic E-state index is 0.137. The highest BCUT2D eigenvalue weighted by molar-refractivity contribution is 5.85. The van der Waals surface area contributed by atoms with E-state index in [9.17, 15) is 5.11 Å². The summed E-state index contributed by atoms with van der Waals surface area (Å²) in [6, 6.07) is 15.6. The van der Waals surface area contributed by atoms with Crippen molar-refractivity contribution in [1.29, 1.82) is 0 Å². The molecular weight excluding hydrogens is 296 g/mol. The molecule has 122 valence electrons. The SMILES string of the molecule is Cc1cc(N=Nc2ccccc2O)c2c(C)ccc(C(C)C)cc1-2. The summed E-state index contributed by atoms with van der Waals surface area (Å²) >= 11 is 0. The maximum atomic E-state index is 9.85. The van der Waals surface area contributed by atoms with Crippen LogP contribution >= 0.6 is 0 Å². The molecule has 2 aliphatic rings. The second-order valence-corrected chi connectivity index (χ2v) is 6.51. The van der Waals surface area contributed by atoms with E-state index >= 15 is 0 Å². The molecule has 0 fully saturated rings. The molecule has 24 heavy (non-hydrogen) atoms. The van der Waals surface area contributed by atoms with E-state index in [1.165, 1.54) is 22.3 Å². The van der Waals surface area contributed by atoms with Crippen LogP contribution in [-0.4, -0.2) is 5.11 Å². The third-order valence-corrected chi connectivity index (χ3v) is 4.35. The minimum absolute atomic E-state index is 0.137. The van der Waals surface area contributed by atoms with Crippen LogP contribution in [0, 0.1) is 13.8 Å². The quantitative estimate of drug-likeness (QED) is 0.540. The Morgan fingerprint density at radius 2 is 1.54 bits per heavy atom. The van der Waals surface area contributed by atoms with Gasteiger partial charge in [-0.25, -0.2) is 0 Å². The predicted octanol–water partition coefficient (Wildman–Crippen LogP) is 6.65. The molecule has 0 saturated carbocycles. The molecule has 0 bridgehead atoms. The number of aromatic hydroxyl groups is 1. The first-order valence-corrected chi connectivity index (χ1v) is 8.21. The summed E-state index contributed by atoms with van der Waals surface area (Å²) in [6.45, 7) is 8.61. The second kappa shape index (κ2) is 6.44. The zero-order valence-electron chi connectivity index (χ0n) is 14.5. The van der Waals surface area contributed by atoms with Crippen molar-refractivity contribution in [1.82, 2.24) is 0 Å². The molecule has 0 aromatic heterocycles. The molecule has 0 atom stereocenters. The van der Waals surface area contributed by atoms with Gasteiger partial charge in [0.1, 0.15) is 11.4 Å². The summed E-state index contributed by atoms with van der Waals surface area (Å²) in [5.74, 6) is 0.610. The average Bonchev–Trinajstić information content (AvgIpc) is 2.73. The molecule has 0 amide bonds. The van der Waals surface area contributed by atoms with Crippen LogP contribution < -0.4 is 0 Å². The van der Waals surface area contributed by atoms with Gasteiger partial charge in [0.25, 0.3) is 0 Å². The van der Waals surface area contributed by atoms with Crippen LogP contribution in [0.5, 0.6) is 5.75 Å². The molecule has 2 aliphatic carbocycles. The van der Waals surface area contributed by atoms with Gasteiger partial charge in [-0.2, -0.15) is 0 Å². The lowest BCUT2D eigenvalue weighted by Gasteiger charge is -2.04. The molecular formula is C21H22N2O. The Morgan fingerprint density at radius 3 is 2.25 bits per heavy atom. The van der Waals surface area contributed by atoms with E-state index in [1.54, 1.807) is 18.2 Å². The lowest BCUT2D eigenvalue weighted by Crippen LogP contribution is -1.83. The van der Waals surface area contributed by atoms with Crippen molar-refractivity contribution >= 4 is 11.4 Å². The number of fused-ring (bicyclic) bond motifs is 1. The van der Waals surface area contributed by atoms with Crippen molar-refractivity contribution in [2.24, 2.45) is 10.2 Å². The third kappa shape index (κ3) is 3.02. The summed E-state index contributed by atoms with van der Waals surface area (Å²) in [5.41, 5.74) is 7.34. The van der Waals surface area contributed by atoms with Crippen LogP contribution in [0.3, 0.4) is 0 Å². The van der Waals surface area contributed by atoms with Crippen molar-refractivity contribution in [3.63, 3.8) is 0 Å². The number of benzene rings is 1. The summed E-state index contributed by atoms with van der Waals surface area (Å²) in [6.07, 6.45) is 0. The number of rotatable bonds is 3. The summed E-state index contributed by atoms with van der Waals surface area (Å²) in [5, 5.41) is 18.5. The highest BCUT2D eigenvalue weighted by Gasteiger charge is 2.16. The number of para-hydroxylation sites is 1. The number of hydrogen-bond donors (Lipinski definition) is 1. The number of hydrogen-bond acceptors (Lipinski definition) is 3. The average molecular weight is 318 g/mol. The molecule has 3 nitrogen and oxygen atoms in total. The molecule has 1 aromatic carbocycles. The summed E-state index contributed by atoms with van der Waals surface area (Å²) in [7, 11) is 0. The Morgan fingerprint density at radius 1 is 0.833 bits per heavy atom. The van der Waals surface area contributed by atoms with Gasteiger partial charge in [-0.15, -0.1) is 10.2 Å². The van der Waals surface area contributed by atoms with Crippen molar-refractivity contribution < 1.29 is 5.11 Å². The van der Waals surface area contributed by atoms with E-state index in [0.29, 0.717) is 11.6 Å². The van der Waals surface area contributed by atoms with Gasteiger partial charge in [0.05, 0.1) is 5.69 Å².